The molecule has 0 saturated carbocycles. The Labute approximate surface area is 211 Å². The summed E-state index contributed by atoms with van der Waals surface area (Å²) < 4.78 is 5.42. The molecule has 9 heteroatoms. The fourth-order valence-electron chi connectivity index (χ4n) is 6.67. The molecule has 5 aliphatic rings. The van der Waals surface area contributed by atoms with Crippen LogP contribution >= 0.6 is 0 Å². The molecule has 5 heterocycles. The maximum absolute atomic E-state index is 13.1. The largest absolute Gasteiger partial charge is 0.381 e. The molecule has 1 atom stereocenters. The van der Waals surface area contributed by atoms with Gasteiger partial charge in [-0.2, -0.15) is 0 Å². The first-order chi connectivity index (χ1) is 17.4. The van der Waals surface area contributed by atoms with E-state index in [1.54, 1.807) is 4.90 Å². The van der Waals surface area contributed by atoms with E-state index in [2.05, 4.69) is 21.2 Å². The number of imide groups is 1. The van der Waals surface area contributed by atoms with Gasteiger partial charge in [0.1, 0.15) is 6.04 Å². The molecule has 1 N–H and O–H groups in total. The molecule has 1 aromatic carbocycles. The maximum atomic E-state index is 13.1. The molecule has 1 unspecified atom stereocenters. The van der Waals surface area contributed by atoms with Gasteiger partial charge < -0.3 is 19.4 Å². The SMILES string of the molecule is O=C1CCC(N2Cc3c(cccc3N3CC4(CCN(C(=O)CC5CCOCC5)CC4)C3)C2=O)C(=O)N1. The third-order valence-electron chi connectivity index (χ3n) is 8.93. The van der Waals surface area contributed by atoms with Gasteiger partial charge in [-0.25, -0.2) is 0 Å². The van der Waals surface area contributed by atoms with E-state index < -0.39 is 6.04 Å². The number of rotatable bonds is 4. The molecule has 36 heavy (non-hydrogen) atoms. The highest BCUT2D eigenvalue weighted by Gasteiger charge is 2.47. The van der Waals surface area contributed by atoms with Crippen molar-refractivity contribution in [3.8, 4) is 0 Å². The minimum atomic E-state index is -0.596. The molecule has 0 aliphatic carbocycles. The Bertz CT molecular complexity index is 1080. The second kappa shape index (κ2) is 9.18. The fraction of sp³-hybridized carbons (Fsp3) is 0.630. The van der Waals surface area contributed by atoms with E-state index in [4.69, 9.17) is 4.74 Å². The van der Waals surface area contributed by atoms with E-state index in [0.717, 1.165) is 76.3 Å². The Kier molecular flexibility index (Phi) is 5.98. The van der Waals surface area contributed by atoms with Crippen LogP contribution in [0.5, 0.6) is 0 Å². The number of anilines is 1. The van der Waals surface area contributed by atoms with E-state index in [-0.39, 0.29) is 29.6 Å². The highest BCUT2D eigenvalue weighted by Crippen LogP contribution is 2.45. The van der Waals surface area contributed by atoms with Crippen molar-refractivity contribution in [2.75, 3.05) is 44.3 Å². The molecule has 9 nitrogen and oxygen atoms in total. The summed E-state index contributed by atoms with van der Waals surface area (Å²) in [6.45, 7) is 5.45. The van der Waals surface area contributed by atoms with Crippen LogP contribution in [0.25, 0.3) is 0 Å². The summed E-state index contributed by atoms with van der Waals surface area (Å²) in [5.74, 6) is -0.0314. The molecule has 5 aliphatic heterocycles. The molecule has 4 fully saturated rings. The molecule has 0 aromatic heterocycles. The van der Waals surface area contributed by atoms with Crippen molar-refractivity contribution >= 4 is 29.3 Å². The zero-order chi connectivity index (χ0) is 24.9. The Morgan fingerprint density at radius 2 is 1.81 bits per heavy atom. The number of likely N-dealkylation sites (tertiary alicyclic amines) is 1. The molecule has 1 spiro atoms. The van der Waals surface area contributed by atoms with E-state index in [0.29, 0.717) is 36.8 Å². The quantitative estimate of drug-likeness (QED) is 0.640. The van der Waals surface area contributed by atoms with Gasteiger partial charge in [-0.1, -0.05) is 6.07 Å². The first kappa shape index (κ1) is 23.5. The van der Waals surface area contributed by atoms with Gasteiger partial charge in [0.25, 0.3) is 5.91 Å². The van der Waals surface area contributed by atoms with Gasteiger partial charge >= 0.3 is 0 Å². The Morgan fingerprint density at radius 1 is 1.06 bits per heavy atom. The average Bonchev–Trinajstić information content (AvgIpc) is 3.19. The predicted molar refractivity (Wildman–Crippen MR) is 131 cm³/mol. The number of ether oxygens (including phenoxy) is 1. The summed E-state index contributed by atoms with van der Waals surface area (Å²) in [6, 6.07) is 5.23. The highest BCUT2D eigenvalue weighted by molar-refractivity contribution is 6.06. The van der Waals surface area contributed by atoms with Crippen molar-refractivity contribution in [2.45, 2.75) is 57.5 Å². The number of nitrogens with zero attached hydrogens (tertiary/aromatic N) is 3. The number of nitrogens with one attached hydrogen (secondary N) is 1. The highest BCUT2D eigenvalue weighted by atomic mass is 16.5. The summed E-state index contributed by atoms with van der Waals surface area (Å²) >= 11 is 0. The van der Waals surface area contributed by atoms with Crippen molar-refractivity contribution in [2.24, 2.45) is 11.3 Å². The molecule has 1 aromatic rings. The summed E-state index contributed by atoms with van der Waals surface area (Å²) in [4.78, 5) is 55.9. The van der Waals surface area contributed by atoms with Crippen molar-refractivity contribution in [3.05, 3.63) is 29.3 Å². The number of benzene rings is 1. The zero-order valence-corrected chi connectivity index (χ0v) is 20.7. The van der Waals surface area contributed by atoms with Crippen molar-refractivity contribution in [1.29, 1.82) is 0 Å². The second-order valence-corrected chi connectivity index (χ2v) is 11.2. The smallest absolute Gasteiger partial charge is 0.255 e. The molecule has 6 rings (SSSR count). The molecular weight excluding hydrogens is 460 g/mol. The van der Waals surface area contributed by atoms with E-state index in [1.807, 2.05) is 12.1 Å². The van der Waals surface area contributed by atoms with Crippen LogP contribution < -0.4 is 10.2 Å². The lowest BCUT2D eigenvalue weighted by Crippen LogP contribution is -2.61. The maximum Gasteiger partial charge on any atom is 0.255 e. The Morgan fingerprint density at radius 3 is 2.53 bits per heavy atom. The predicted octanol–water partition coefficient (Wildman–Crippen LogP) is 1.69. The number of hydrogen-bond donors (Lipinski definition) is 1. The van der Waals surface area contributed by atoms with Gasteiger partial charge in [-0.15, -0.1) is 0 Å². The summed E-state index contributed by atoms with van der Waals surface area (Å²) in [5.41, 5.74) is 2.93. The number of carbonyl (C=O) groups excluding carboxylic acids is 4. The van der Waals surface area contributed by atoms with Gasteiger partial charge in [-0.3, -0.25) is 24.5 Å². The van der Waals surface area contributed by atoms with E-state index in [1.165, 1.54) is 0 Å². The molecule has 0 radical (unpaired) electrons. The number of carbonyl (C=O) groups is 4. The van der Waals surface area contributed by atoms with Gasteiger partial charge in [0.2, 0.25) is 17.7 Å². The standard InChI is InChI=1S/C27H34N4O5/c32-23-5-4-22(25(34)28-23)31-15-20-19(26(31)35)2-1-3-21(20)30-16-27(17-30)8-10-29(11-9-27)24(33)14-18-6-12-36-13-7-18/h1-3,18,22H,4-17H2,(H,28,32,34). The zero-order valence-electron chi connectivity index (χ0n) is 20.7. The third kappa shape index (κ3) is 4.17. The molecule has 4 amide bonds. The molecule has 0 bridgehead atoms. The van der Waals surface area contributed by atoms with Crippen LogP contribution in [0.4, 0.5) is 5.69 Å². The Hall–Kier alpha value is -2.94. The molecule has 192 valence electrons. The summed E-state index contributed by atoms with van der Waals surface area (Å²) in [5, 5.41) is 2.37. The lowest BCUT2D eigenvalue weighted by atomic mass is 9.71. The molecule has 4 saturated heterocycles. The van der Waals surface area contributed by atoms with Gasteiger partial charge in [0.05, 0.1) is 0 Å². The van der Waals surface area contributed by atoms with Crippen molar-refractivity contribution in [3.63, 3.8) is 0 Å². The van der Waals surface area contributed by atoms with E-state index >= 15 is 0 Å². The summed E-state index contributed by atoms with van der Waals surface area (Å²) in [6.07, 6.45) is 5.28. The van der Waals surface area contributed by atoms with Crippen LogP contribution in [-0.4, -0.2) is 78.9 Å². The van der Waals surface area contributed by atoms with Crippen LogP contribution in [0.1, 0.15) is 60.9 Å². The lowest BCUT2D eigenvalue weighted by molar-refractivity contribution is -0.137. The van der Waals surface area contributed by atoms with Crippen LogP contribution in [-0.2, 0) is 25.7 Å². The van der Waals surface area contributed by atoms with Crippen molar-refractivity contribution in [1.82, 2.24) is 15.1 Å². The van der Waals surface area contributed by atoms with Gasteiger partial charge in [0.15, 0.2) is 0 Å². The third-order valence-corrected chi connectivity index (χ3v) is 8.93. The normalized spacial score (nSPS) is 26.2. The topological polar surface area (TPSA) is 99.3 Å². The minimum Gasteiger partial charge on any atom is -0.381 e. The Balaban J connectivity index is 1.07. The monoisotopic (exact) mass is 494 g/mol. The summed E-state index contributed by atoms with van der Waals surface area (Å²) in [7, 11) is 0. The van der Waals surface area contributed by atoms with Crippen LogP contribution in [0.2, 0.25) is 0 Å². The fourth-order valence-corrected chi connectivity index (χ4v) is 6.67. The van der Waals surface area contributed by atoms with Gasteiger partial charge in [0, 0.05) is 81.0 Å². The molecular formula is C27H34N4O5. The van der Waals surface area contributed by atoms with Crippen LogP contribution in [0.3, 0.4) is 0 Å². The number of amides is 4. The number of hydrogen-bond acceptors (Lipinski definition) is 6. The van der Waals surface area contributed by atoms with Gasteiger partial charge in [-0.05, 0) is 50.2 Å². The number of fused-ring (bicyclic) bond motifs is 1. The van der Waals surface area contributed by atoms with Crippen LogP contribution in [0, 0.1) is 11.3 Å². The first-order valence-electron chi connectivity index (χ1n) is 13.3. The number of piperidine rings is 2. The van der Waals surface area contributed by atoms with Crippen molar-refractivity contribution < 1.29 is 23.9 Å². The average molecular weight is 495 g/mol. The minimum absolute atomic E-state index is 0.132. The van der Waals surface area contributed by atoms with Crippen LogP contribution in [0.15, 0.2) is 18.2 Å². The lowest BCUT2D eigenvalue weighted by Gasteiger charge is -2.55. The van der Waals surface area contributed by atoms with E-state index in [9.17, 15) is 19.2 Å². The second-order valence-electron chi connectivity index (χ2n) is 11.2. The first-order valence-corrected chi connectivity index (χ1v) is 13.3.